The molecular weight excluding hydrogens is 339 g/mol. The first kappa shape index (κ1) is 17.9. The van der Waals surface area contributed by atoms with Gasteiger partial charge in [-0.05, 0) is 45.9 Å². The summed E-state index contributed by atoms with van der Waals surface area (Å²) < 4.78 is 19.6. The Morgan fingerprint density at radius 3 is 2.67 bits per heavy atom. The van der Waals surface area contributed by atoms with Crippen LogP contribution in [-0.2, 0) is 4.74 Å². The highest BCUT2D eigenvalue weighted by atomic mass is 79.9. The summed E-state index contributed by atoms with van der Waals surface area (Å²) in [6.07, 6.45) is -0.453. The fourth-order valence-corrected chi connectivity index (χ4v) is 2.10. The molecule has 0 aliphatic carbocycles. The molecule has 0 radical (unpaired) electrons. The third-order valence-electron chi connectivity index (χ3n) is 2.67. The Morgan fingerprint density at radius 2 is 2.05 bits per heavy atom. The molecule has 1 amide bonds. The number of carbonyl (C=O) groups excluding carboxylic acids is 1. The van der Waals surface area contributed by atoms with Gasteiger partial charge >= 0.3 is 6.09 Å². The summed E-state index contributed by atoms with van der Waals surface area (Å²) in [5.74, 6) is -0.252. The minimum absolute atomic E-state index is 0.150. The number of alkyl carbamates (subject to hydrolysis) is 1. The van der Waals surface area contributed by atoms with Crippen LogP contribution in [0.2, 0.25) is 0 Å². The first-order valence-corrected chi connectivity index (χ1v) is 7.63. The van der Waals surface area contributed by atoms with Crippen molar-refractivity contribution >= 4 is 22.0 Å². The van der Waals surface area contributed by atoms with Crippen LogP contribution >= 0.6 is 15.9 Å². The zero-order chi connectivity index (χ0) is 16.0. The molecule has 1 aromatic rings. The third-order valence-corrected chi connectivity index (χ3v) is 3.16. The number of hydrogen-bond acceptors (Lipinski definition) is 3. The Labute approximate surface area is 133 Å². The highest BCUT2D eigenvalue weighted by molar-refractivity contribution is 9.10. The quantitative estimate of drug-likeness (QED) is 0.785. The van der Waals surface area contributed by atoms with Gasteiger partial charge in [0.05, 0.1) is 0 Å². The van der Waals surface area contributed by atoms with E-state index in [0.29, 0.717) is 18.7 Å². The average molecular weight is 361 g/mol. The standard InChI is InChI=1S/C15H22BrFN2O2/c1-10(12-9-11(16)5-6-13(12)17)18-7-8-19-14(20)21-15(2,3)4/h5-6,9-10,18H,7-8H2,1-4H3,(H,19,20). The molecule has 4 nitrogen and oxygen atoms in total. The van der Waals surface area contributed by atoms with Crippen molar-refractivity contribution in [1.29, 1.82) is 0 Å². The van der Waals surface area contributed by atoms with Gasteiger partial charge in [-0.2, -0.15) is 0 Å². The summed E-state index contributed by atoms with van der Waals surface area (Å²) in [5, 5.41) is 5.80. The fourth-order valence-electron chi connectivity index (χ4n) is 1.72. The lowest BCUT2D eigenvalue weighted by molar-refractivity contribution is 0.0528. The van der Waals surface area contributed by atoms with E-state index in [-0.39, 0.29) is 11.9 Å². The number of halogens is 2. The van der Waals surface area contributed by atoms with Gasteiger partial charge in [0.15, 0.2) is 0 Å². The molecule has 0 saturated heterocycles. The van der Waals surface area contributed by atoms with Crippen molar-refractivity contribution in [2.45, 2.75) is 39.3 Å². The Balaban J connectivity index is 2.36. The van der Waals surface area contributed by atoms with Crippen LogP contribution in [0.15, 0.2) is 22.7 Å². The summed E-state index contributed by atoms with van der Waals surface area (Å²) >= 11 is 3.33. The number of nitrogens with one attached hydrogen (secondary N) is 2. The predicted molar refractivity (Wildman–Crippen MR) is 84.8 cm³/mol. The van der Waals surface area contributed by atoms with Gasteiger partial charge < -0.3 is 15.4 Å². The van der Waals surface area contributed by atoms with E-state index < -0.39 is 11.7 Å². The second-order valence-electron chi connectivity index (χ2n) is 5.77. The Bertz CT molecular complexity index is 489. The summed E-state index contributed by atoms with van der Waals surface area (Å²) in [4.78, 5) is 11.4. The summed E-state index contributed by atoms with van der Waals surface area (Å²) in [6.45, 7) is 8.23. The lowest BCUT2D eigenvalue weighted by Crippen LogP contribution is -2.37. The molecule has 0 saturated carbocycles. The van der Waals surface area contributed by atoms with Crippen LogP contribution in [0.5, 0.6) is 0 Å². The molecule has 0 aliphatic rings. The van der Waals surface area contributed by atoms with Crippen molar-refractivity contribution in [3.05, 3.63) is 34.1 Å². The van der Waals surface area contributed by atoms with Gasteiger partial charge in [0, 0.05) is 29.2 Å². The van der Waals surface area contributed by atoms with Crippen LogP contribution in [-0.4, -0.2) is 24.8 Å². The van der Waals surface area contributed by atoms with Gasteiger partial charge in [-0.15, -0.1) is 0 Å². The summed E-state index contributed by atoms with van der Waals surface area (Å²) in [6, 6.07) is 4.68. The Morgan fingerprint density at radius 1 is 1.38 bits per heavy atom. The SMILES string of the molecule is CC(NCCNC(=O)OC(C)(C)C)c1cc(Br)ccc1F. The van der Waals surface area contributed by atoms with Gasteiger partial charge in [-0.1, -0.05) is 15.9 Å². The molecule has 6 heteroatoms. The topological polar surface area (TPSA) is 50.4 Å². The molecule has 1 aromatic carbocycles. The maximum atomic E-state index is 13.7. The summed E-state index contributed by atoms with van der Waals surface area (Å²) in [5.41, 5.74) is 0.0752. The van der Waals surface area contributed by atoms with Crippen LogP contribution in [0, 0.1) is 5.82 Å². The van der Waals surface area contributed by atoms with Gasteiger partial charge in [-0.25, -0.2) is 9.18 Å². The van der Waals surface area contributed by atoms with E-state index in [1.165, 1.54) is 6.07 Å². The second-order valence-corrected chi connectivity index (χ2v) is 6.69. The molecule has 0 bridgehead atoms. The second kappa shape index (κ2) is 7.75. The first-order chi connectivity index (χ1) is 9.69. The number of ether oxygens (including phenoxy) is 1. The maximum Gasteiger partial charge on any atom is 0.407 e. The number of carbonyl (C=O) groups is 1. The Hall–Kier alpha value is -1.14. The van der Waals surface area contributed by atoms with E-state index in [2.05, 4.69) is 26.6 Å². The highest BCUT2D eigenvalue weighted by Crippen LogP contribution is 2.21. The molecule has 0 aromatic heterocycles. The Kier molecular flexibility index (Phi) is 6.61. The summed E-state index contributed by atoms with van der Waals surface area (Å²) in [7, 11) is 0. The maximum absolute atomic E-state index is 13.7. The molecule has 0 aliphatic heterocycles. The molecule has 0 heterocycles. The molecule has 2 N–H and O–H groups in total. The normalized spacial score (nSPS) is 12.9. The van der Waals surface area contributed by atoms with Gasteiger partial charge in [0.1, 0.15) is 11.4 Å². The third kappa shape index (κ3) is 6.91. The van der Waals surface area contributed by atoms with Gasteiger partial charge in [-0.3, -0.25) is 0 Å². The molecule has 1 rings (SSSR count). The molecule has 118 valence electrons. The largest absolute Gasteiger partial charge is 0.444 e. The minimum atomic E-state index is -0.510. The molecule has 0 spiro atoms. The van der Waals surface area contributed by atoms with Crippen molar-refractivity contribution in [3.8, 4) is 0 Å². The van der Waals surface area contributed by atoms with E-state index in [4.69, 9.17) is 4.74 Å². The number of hydrogen-bond donors (Lipinski definition) is 2. The van der Waals surface area contributed by atoms with Crippen molar-refractivity contribution in [2.75, 3.05) is 13.1 Å². The highest BCUT2D eigenvalue weighted by Gasteiger charge is 2.15. The number of amides is 1. The van der Waals surface area contributed by atoms with Crippen LogP contribution in [0.4, 0.5) is 9.18 Å². The van der Waals surface area contributed by atoms with Crippen molar-refractivity contribution in [2.24, 2.45) is 0 Å². The van der Waals surface area contributed by atoms with E-state index in [9.17, 15) is 9.18 Å². The number of benzene rings is 1. The van der Waals surface area contributed by atoms with E-state index in [1.807, 2.05) is 27.7 Å². The van der Waals surface area contributed by atoms with Crippen molar-refractivity contribution < 1.29 is 13.9 Å². The van der Waals surface area contributed by atoms with Crippen LogP contribution < -0.4 is 10.6 Å². The average Bonchev–Trinajstić information content (AvgIpc) is 2.35. The van der Waals surface area contributed by atoms with Crippen LogP contribution in [0.25, 0.3) is 0 Å². The first-order valence-electron chi connectivity index (χ1n) is 6.84. The molecule has 1 atom stereocenters. The zero-order valence-corrected chi connectivity index (χ0v) is 14.4. The molecule has 1 unspecified atom stereocenters. The van der Waals surface area contributed by atoms with Crippen molar-refractivity contribution in [3.63, 3.8) is 0 Å². The predicted octanol–water partition coefficient (Wildman–Crippen LogP) is 3.76. The minimum Gasteiger partial charge on any atom is -0.444 e. The lowest BCUT2D eigenvalue weighted by atomic mass is 10.1. The van der Waals surface area contributed by atoms with Crippen molar-refractivity contribution in [1.82, 2.24) is 10.6 Å². The zero-order valence-electron chi connectivity index (χ0n) is 12.8. The van der Waals surface area contributed by atoms with Crippen LogP contribution in [0.1, 0.15) is 39.3 Å². The van der Waals surface area contributed by atoms with Gasteiger partial charge in [0.2, 0.25) is 0 Å². The molecule has 0 fully saturated rings. The monoisotopic (exact) mass is 360 g/mol. The fraction of sp³-hybridized carbons (Fsp3) is 0.533. The smallest absolute Gasteiger partial charge is 0.407 e. The molecular formula is C15H22BrFN2O2. The lowest BCUT2D eigenvalue weighted by Gasteiger charge is -2.20. The molecule has 21 heavy (non-hydrogen) atoms. The van der Waals surface area contributed by atoms with Crippen LogP contribution in [0.3, 0.4) is 0 Å². The number of rotatable bonds is 5. The van der Waals surface area contributed by atoms with E-state index in [1.54, 1.807) is 12.1 Å². The van der Waals surface area contributed by atoms with E-state index in [0.717, 1.165) is 4.47 Å². The van der Waals surface area contributed by atoms with E-state index >= 15 is 0 Å². The van der Waals surface area contributed by atoms with Gasteiger partial charge in [0.25, 0.3) is 0 Å².